The monoisotopic (exact) mass is 256 g/mol. The second kappa shape index (κ2) is 5.79. The van der Waals surface area contributed by atoms with Crippen molar-refractivity contribution in [1.82, 2.24) is 0 Å². The van der Waals surface area contributed by atoms with Gasteiger partial charge in [0.25, 0.3) is 0 Å². The number of halogens is 1. The average Bonchev–Trinajstić information content (AvgIpc) is 2.43. The van der Waals surface area contributed by atoms with Gasteiger partial charge in [-0.15, -0.1) is 0 Å². The van der Waals surface area contributed by atoms with E-state index in [9.17, 15) is 9.18 Å². The maximum Gasteiger partial charge on any atom is 0.170 e. The molecule has 0 bridgehead atoms. The fraction of sp³-hybridized carbons (Fsp3) is 0.235. The number of carbonyl (C=O) groups excluding carboxylic acids is 1. The fourth-order valence-corrected chi connectivity index (χ4v) is 2.31. The number of carbonyl (C=O) groups is 1. The highest BCUT2D eigenvalue weighted by Gasteiger charge is 2.21. The van der Waals surface area contributed by atoms with E-state index < -0.39 is 0 Å². The Morgan fingerprint density at radius 3 is 2.47 bits per heavy atom. The molecule has 0 fully saturated rings. The van der Waals surface area contributed by atoms with Crippen LogP contribution in [-0.2, 0) is 0 Å². The molecule has 1 nitrogen and oxygen atoms in total. The quantitative estimate of drug-likeness (QED) is 0.735. The van der Waals surface area contributed by atoms with Gasteiger partial charge in [-0.1, -0.05) is 43.3 Å². The van der Waals surface area contributed by atoms with E-state index in [1.807, 2.05) is 44.2 Å². The predicted octanol–water partition coefficient (Wildman–Crippen LogP) is 4.51. The molecular weight excluding hydrogens is 239 g/mol. The summed E-state index contributed by atoms with van der Waals surface area (Å²) in [6.45, 7) is 3.81. The maximum atomic E-state index is 13.3. The molecule has 0 saturated carbocycles. The molecule has 2 aromatic carbocycles. The van der Waals surface area contributed by atoms with Gasteiger partial charge in [0, 0.05) is 11.5 Å². The van der Waals surface area contributed by atoms with Crippen molar-refractivity contribution in [3.05, 3.63) is 71.0 Å². The van der Waals surface area contributed by atoms with E-state index in [-0.39, 0.29) is 17.5 Å². The molecule has 0 radical (unpaired) electrons. The van der Waals surface area contributed by atoms with Crippen LogP contribution in [0.3, 0.4) is 0 Å². The SMILES string of the molecule is CCC(C(=O)c1cc(F)ccc1C)c1ccccc1. The molecule has 2 aromatic rings. The Hall–Kier alpha value is -1.96. The highest BCUT2D eigenvalue weighted by molar-refractivity contribution is 6.02. The number of ketones is 1. The summed E-state index contributed by atoms with van der Waals surface area (Å²) in [5.74, 6) is -0.579. The Balaban J connectivity index is 2.39. The summed E-state index contributed by atoms with van der Waals surface area (Å²) in [6, 6.07) is 14.0. The van der Waals surface area contributed by atoms with Gasteiger partial charge in [0.05, 0.1) is 0 Å². The topological polar surface area (TPSA) is 17.1 Å². The van der Waals surface area contributed by atoms with E-state index in [4.69, 9.17) is 0 Å². The summed E-state index contributed by atoms with van der Waals surface area (Å²) < 4.78 is 13.3. The van der Waals surface area contributed by atoms with Crippen LogP contribution in [0.1, 0.15) is 40.7 Å². The summed E-state index contributed by atoms with van der Waals surface area (Å²) >= 11 is 0. The lowest BCUT2D eigenvalue weighted by Crippen LogP contribution is -2.13. The van der Waals surface area contributed by atoms with Crippen LogP contribution in [0, 0.1) is 12.7 Å². The van der Waals surface area contributed by atoms with Gasteiger partial charge in [0.2, 0.25) is 0 Å². The molecule has 0 heterocycles. The zero-order chi connectivity index (χ0) is 13.8. The van der Waals surface area contributed by atoms with E-state index >= 15 is 0 Å². The van der Waals surface area contributed by atoms with E-state index in [1.165, 1.54) is 12.1 Å². The smallest absolute Gasteiger partial charge is 0.170 e. The van der Waals surface area contributed by atoms with Gasteiger partial charge < -0.3 is 0 Å². The number of Topliss-reactive ketones (excluding diaryl/α,β-unsaturated/α-hetero) is 1. The summed E-state index contributed by atoms with van der Waals surface area (Å²) in [6.07, 6.45) is 0.707. The number of hydrogen-bond acceptors (Lipinski definition) is 1. The third kappa shape index (κ3) is 2.90. The highest BCUT2D eigenvalue weighted by atomic mass is 19.1. The van der Waals surface area contributed by atoms with Crippen molar-refractivity contribution in [1.29, 1.82) is 0 Å². The molecule has 0 aliphatic rings. The van der Waals surface area contributed by atoms with Gasteiger partial charge in [-0.3, -0.25) is 4.79 Å². The second-order valence-corrected chi connectivity index (χ2v) is 4.70. The van der Waals surface area contributed by atoms with Gasteiger partial charge in [-0.2, -0.15) is 0 Å². The number of aryl methyl sites for hydroxylation is 1. The fourth-order valence-electron chi connectivity index (χ4n) is 2.31. The van der Waals surface area contributed by atoms with Gasteiger partial charge in [-0.05, 0) is 36.6 Å². The lowest BCUT2D eigenvalue weighted by molar-refractivity contribution is 0.0956. The molecule has 19 heavy (non-hydrogen) atoms. The minimum Gasteiger partial charge on any atom is -0.293 e. The molecule has 2 heteroatoms. The van der Waals surface area contributed by atoms with Crippen molar-refractivity contribution in [2.75, 3.05) is 0 Å². The number of hydrogen-bond donors (Lipinski definition) is 0. The van der Waals surface area contributed by atoms with Crippen molar-refractivity contribution in [2.45, 2.75) is 26.2 Å². The lowest BCUT2D eigenvalue weighted by Gasteiger charge is -2.15. The standard InChI is InChI=1S/C17H17FO/c1-3-15(13-7-5-4-6-8-13)17(19)16-11-14(18)10-9-12(16)2/h4-11,15H,3H2,1-2H3. The second-order valence-electron chi connectivity index (χ2n) is 4.70. The summed E-state index contributed by atoms with van der Waals surface area (Å²) in [4.78, 5) is 12.6. The van der Waals surface area contributed by atoms with Crippen LogP contribution in [0.25, 0.3) is 0 Å². The summed E-state index contributed by atoms with van der Waals surface area (Å²) in [5.41, 5.74) is 2.29. The molecule has 0 spiro atoms. The van der Waals surface area contributed by atoms with Crippen molar-refractivity contribution < 1.29 is 9.18 Å². The van der Waals surface area contributed by atoms with Crippen LogP contribution >= 0.6 is 0 Å². The Bertz CT molecular complexity index is 575. The van der Waals surface area contributed by atoms with Gasteiger partial charge in [0.1, 0.15) is 5.82 Å². The Labute approximate surface area is 113 Å². The van der Waals surface area contributed by atoms with Crippen molar-refractivity contribution in [3.8, 4) is 0 Å². The number of benzene rings is 2. The predicted molar refractivity (Wildman–Crippen MR) is 74.9 cm³/mol. The third-order valence-corrected chi connectivity index (χ3v) is 3.39. The first kappa shape index (κ1) is 13.5. The molecule has 98 valence electrons. The third-order valence-electron chi connectivity index (χ3n) is 3.39. The first-order valence-corrected chi connectivity index (χ1v) is 6.48. The van der Waals surface area contributed by atoms with E-state index in [1.54, 1.807) is 6.07 Å². The van der Waals surface area contributed by atoms with Crippen LogP contribution < -0.4 is 0 Å². The first-order valence-electron chi connectivity index (χ1n) is 6.48. The summed E-state index contributed by atoms with van der Waals surface area (Å²) in [7, 11) is 0. The molecule has 0 N–H and O–H groups in total. The molecule has 0 amide bonds. The van der Waals surface area contributed by atoms with Crippen molar-refractivity contribution >= 4 is 5.78 Å². The Morgan fingerprint density at radius 1 is 1.16 bits per heavy atom. The van der Waals surface area contributed by atoms with Crippen LogP contribution in [0.15, 0.2) is 48.5 Å². The molecular formula is C17H17FO. The number of rotatable bonds is 4. The Morgan fingerprint density at radius 2 is 1.84 bits per heavy atom. The van der Waals surface area contributed by atoms with Gasteiger partial charge in [0.15, 0.2) is 5.78 Å². The molecule has 1 atom stereocenters. The minimum atomic E-state index is -0.364. The molecule has 0 aliphatic carbocycles. The first-order chi connectivity index (χ1) is 9.13. The minimum absolute atomic E-state index is 0.00861. The maximum absolute atomic E-state index is 13.3. The zero-order valence-electron chi connectivity index (χ0n) is 11.2. The van der Waals surface area contributed by atoms with Crippen LogP contribution in [0.5, 0.6) is 0 Å². The normalized spacial score (nSPS) is 12.2. The van der Waals surface area contributed by atoms with E-state index in [2.05, 4.69) is 0 Å². The lowest BCUT2D eigenvalue weighted by atomic mass is 9.87. The van der Waals surface area contributed by atoms with Crippen LogP contribution in [0.2, 0.25) is 0 Å². The molecule has 0 aromatic heterocycles. The van der Waals surface area contributed by atoms with E-state index in [0.717, 1.165) is 11.1 Å². The van der Waals surface area contributed by atoms with E-state index in [0.29, 0.717) is 12.0 Å². The molecule has 0 saturated heterocycles. The van der Waals surface area contributed by atoms with Crippen molar-refractivity contribution in [2.24, 2.45) is 0 Å². The summed E-state index contributed by atoms with van der Waals surface area (Å²) in [5, 5.41) is 0. The molecule has 0 aliphatic heterocycles. The van der Waals surface area contributed by atoms with Gasteiger partial charge >= 0.3 is 0 Å². The molecule has 2 rings (SSSR count). The molecule has 1 unspecified atom stereocenters. The largest absolute Gasteiger partial charge is 0.293 e. The van der Waals surface area contributed by atoms with Crippen LogP contribution in [-0.4, -0.2) is 5.78 Å². The highest BCUT2D eigenvalue weighted by Crippen LogP contribution is 2.25. The van der Waals surface area contributed by atoms with Crippen molar-refractivity contribution in [3.63, 3.8) is 0 Å². The average molecular weight is 256 g/mol. The zero-order valence-corrected chi connectivity index (χ0v) is 11.2. The van der Waals surface area contributed by atoms with Crippen LogP contribution in [0.4, 0.5) is 4.39 Å². The van der Waals surface area contributed by atoms with Gasteiger partial charge in [-0.25, -0.2) is 4.39 Å². The Kier molecular flexibility index (Phi) is 4.10.